The number of hydrogen-bond donors (Lipinski definition) is 0. The lowest BCUT2D eigenvalue weighted by molar-refractivity contribution is 1.34. The molecule has 0 atom stereocenters. The van der Waals surface area contributed by atoms with Crippen LogP contribution in [0.15, 0.2) is 27.3 Å². The molecule has 0 unspecified atom stereocenters. The molecule has 1 rings (SSSR count). The SMILES string of the molecule is C=C1N=C(C)N=C(C)C1=NC. The van der Waals surface area contributed by atoms with E-state index in [1.54, 1.807) is 7.05 Å². The first kappa shape index (κ1) is 7.85. The number of rotatable bonds is 0. The first-order valence-corrected chi connectivity index (χ1v) is 3.42. The van der Waals surface area contributed by atoms with Gasteiger partial charge in [0.15, 0.2) is 0 Å². The highest BCUT2D eigenvalue weighted by atomic mass is 15.0. The number of allylic oxidation sites excluding steroid dienone is 1. The summed E-state index contributed by atoms with van der Waals surface area (Å²) < 4.78 is 0. The van der Waals surface area contributed by atoms with Gasteiger partial charge in [0.05, 0.1) is 11.4 Å². The van der Waals surface area contributed by atoms with Crippen LogP contribution >= 0.6 is 0 Å². The van der Waals surface area contributed by atoms with Crippen molar-refractivity contribution in [1.29, 1.82) is 0 Å². The molecular weight excluding hydrogens is 138 g/mol. The summed E-state index contributed by atoms with van der Waals surface area (Å²) in [6.07, 6.45) is 0. The molecule has 0 bridgehead atoms. The van der Waals surface area contributed by atoms with E-state index < -0.39 is 0 Å². The Balaban J connectivity index is 3.11. The van der Waals surface area contributed by atoms with Crippen LogP contribution in [0.2, 0.25) is 0 Å². The maximum Gasteiger partial charge on any atom is 0.126 e. The van der Waals surface area contributed by atoms with Crippen LogP contribution in [0.5, 0.6) is 0 Å². The summed E-state index contributed by atoms with van der Waals surface area (Å²) in [6.45, 7) is 7.52. The molecule has 0 aromatic carbocycles. The molecule has 0 fully saturated rings. The molecule has 0 saturated carbocycles. The highest BCUT2D eigenvalue weighted by Crippen LogP contribution is 2.06. The van der Waals surface area contributed by atoms with Crippen molar-refractivity contribution in [2.75, 3.05) is 7.05 Å². The minimum Gasteiger partial charge on any atom is -0.285 e. The summed E-state index contributed by atoms with van der Waals surface area (Å²) in [6, 6.07) is 0. The van der Waals surface area contributed by atoms with Crippen LogP contribution in [0.3, 0.4) is 0 Å². The Morgan fingerprint density at radius 3 is 2.36 bits per heavy atom. The third-order valence-corrected chi connectivity index (χ3v) is 1.47. The topological polar surface area (TPSA) is 37.1 Å². The van der Waals surface area contributed by atoms with Gasteiger partial charge in [0.25, 0.3) is 0 Å². The molecule has 1 aliphatic heterocycles. The summed E-state index contributed by atoms with van der Waals surface area (Å²) in [5, 5.41) is 0. The van der Waals surface area contributed by atoms with Crippen molar-refractivity contribution in [2.45, 2.75) is 13.8 Å². The van der Waals surface area contributed by atoms with Gasteiger partial charge in [0.2, 0.25) is 0 Å². The van der Waals surface area contributed by atoms with Crippen molar-refractivity contribution in [3.05, 3.63) is 12.3 Å². The number of nitrogens with zero attached hydrogens (tertiary/aromatic N) is 3. The van der Waals surface area contributed by atoms with Gasteiger partial charge >= 0.3 is 0 Å². The first-order valence-electron chi connectivity index (χ1n) is 3.42. The largest absolute Gasteiger partial charge is 0.285 e. The lowest BCUT2D eigenvalue weighted by atomic mass is 10.2. The van der Waals surface area contributed by atoms with E-state index >= 15 is 0 Å². The third-order valence-electron chi connectivity index (χ3n) is 1.47. The van der Waals surface area contributed by atoms with Crippen molar-refractivity contribution in [3.63, 3.8) is 0 Å². The van der Waals surface area contributed by atoms with Gasteiger partial charge in [0.1, 0.15) is 11.5 Å². The van der Waals surface area contributed by atoms with Crippen LogP contribution in [0.25, 0.3) is 0 Å². The van der Waals surface area contributed by atoms with Crippen LogP contribution < -0.4 is 0 Å². The quantitative estimate of drug-likeness (QED) is 0.500. The minimum absolute atomic E-state index is 0.706. The van der Waals surface area contributed by atoms with Gasteiger partial charge in [-0.05, 0) is 13.8 Å². The van der Waals surface area contributed by atoms with Crippen LogP contribution in [-0.2, 0) is 0 Å². The summed E-state index contributed by atoms with van der Waals surface area (Å²) in [7, 11) is 1.72. The fourth-order valence-electron chi connectivity index (χ4n) is 1.07. The lowest BCUT2D eigenvalue weighted by Gasteiger charge is -2.09. The standard InChI is InChI=1S/C8H11N3/c1-5-8(9-4)6(2)11-7(3)10-5/h1H2,2-4H3. The normalized spacial score (nSPS) is 21.7. The van der Waals surface area contributed by atoms with Crippen molar-refractivity contribution in [3.8, 4) is 0 Å². The second-order valence-electron chi connectivity index (χ2n) is 2.38. The zero-order valence-corrected chi connectivity index (χ0v) is 7.05. The molecule has 0 N–H and O–H groups in total. The van der Waals surface area contributed by atoms with Crippen LogP contribution in [0, 0.1) is 0 Å². The Kier molecular flexibility index (Phi) is 1.98. The van der Waals surface area contributed by atoms with E-state index in [-0.39, 0.29) is 0 Å². The fraction of sp³-hybridized carbons (Fsp3) is 0.375. The zero-order valence-electron chi connectivity index (χ0n) is 7.05. The predicted octanol–water partition coefficient (Wildman–Crippen LogP) is 1.46. The minimum atomic E-state index is 0.706. The van der Waals surface area contributed by atoms with Gasteiger partial charge in [-0.15, -0.1) is 0 Å². The third kappa shape index (κ3) is 1.42. The number of hydrogen-bond acceptors (Lipinski definition) is 3. The highest BCUT2D eigenvalue weighted by molar-refractivity contribution is 6.49. The lowest BCUT2D eigenvalue weighted by Crippen LogP contribution is -2.18. The van der Waals surface area contributed by atoms with Crippen molar-refractivity contribution in [2.24, 2.45) is 15.0 Å². The van der Waals surface area contributed by atoms with E-state index in [9.17, 15) is 0 Å². The molecule has 58 valence electrons. The zero-order chi connectivity index (χ0) is 8.43. The van der Waals surface area contributed by atoms with Crippen LogP contribution in [0.1, 0.15) is 13.8 Å². The molecule has 0 spiro atoms. The Morgan fingerprint density at radius 2 is 1.91 bits per heavy atom. The molecule has 0 aromatic rings. The molecule has 3 nitrogen and oxygen atoms in total. The second kappa shape index (κ2) is 2.78. The molecule has 0 amide bonds. The smallest absolute Gasteiger partial charge is 0.126 e. The van der Waals surface area contributed by atoms with Gasteiger partial charge in [-0.3, -0.25) is 4.99 Å². The van der Waals surface area contributed by atoms with E-state index in [4.69, 9.17) is 0 Å². The molecule has 0 aromatic heterocycles. The van der Waals surface area contributed by atoms with Crippen molar-refractivity contribution in [1.82, 2.24) is 0 Å². The van der Waals surface area contributed by atoms with Gasteiger partial charge in [-0.25, -0.2) is 9.98 Å². The van der Waals surface area contributed by atoms with Crippen molar-refractivity contribution >= 4 is 17.3 Å². The molecule has 0 saturated heterocycles. The average Bonchev–Trinajstić information content (AvgIpc) is 1.85. The van der Waals surface area contributed by atoms with E-state index in [0.717, 1.165) is 17.3 Å². The van der Waals surface area contributed by atoms with E-state index in [1.165, 1.54) is 0 Å². The highest BCUT2D eigenvalue weighted by Gasteiger charge is 2.11. The molecule has 3 heteroatoms. The molecule has 11 heavy (non-hydrogen) atoms. The average molecular weight is 149 g/mol. The summed E-state index contributed by atoms with van der Waals surface area (Å²) in [5.41, 5.74) is 2.40. The summed E-state index contributed by atoms with van der Waals surface area (Å²) in [5.74, 6) is 0.750. The monoisotopic (exact) mass is 149 g/mol. The van der Waals surface area contributed by atoms with Gasteiger partial charge < -0.3 is 0 Å². The summed E-state index contributed by atoms with van der Waals surface area (Å²) >= 11 is 0. The predicted molar refractivity (Wildman–Crippen MR) is 48.7 cm³/mol. The Morgan fingerprint density at radius 1 is 1.27 bits per heavy atom. The van der Waals surface area contributed by atoms with Gasteiger partial charge in [-0.2, -0.15) is 0 Å². The molecule has 0 aliphatic carbocycles. The Bertz CT molecular complexity index is 282. The van der Waals surface area contributed by atoms with E-state index in [2.05, 4.69) is 21.6 Å². The van der Waals surface area contributed by atoms with E-state index in [0.29, 0.717) is 5.70 Å². The van der Waals surface area contributed by atoms with Crippen molar-refractivity contribution < 1.29 is 0 Å². The molecular formula is C8H11N3. The first-order chi connectivity index (χ1) is 5.15. The van der Waals surface area contributed by atoms with Crippen LogP contribution in [-0.4, -0.2) is 24.3 Å². The number of amidine groups is 1. The Hall–Kier alpha value is -1.25. The molecule has 1 heterocycles. The number of aliphatic imine (C=N–C) groups is 3. The molecule has 1 aliphatic rings. The van der Waals surface area contributed by atoms with Gasteiger partial charge in [-0.1, -0.05) is 6.58 Å². The van der Waals surface area contributed by atoms with Crippen LogP contribution in [0.4, 0.5) is 0 Å². The summed E-state index contributed by atoms with van der Waals surface area (Å²) in [4.78, 5) is 12.3. The maximum absolute atomic E-state index is 4.16. The fourth-order valence-corrected chi connectivity index (χ4v) is 1.07. The van der Waals surface area contributed by atoms with Gasteiger partial charge in [0, 0.05) is 7.05 Å². The second-order valence-corrected chi connectivity index (χ2v) is 2.38. The van der Waals surface area contributed by atoms with E-state index in [1.807, 2.05) is 13.8 Å². The molecule has 0 radical (unpaired) electrons. The Labute approximate surface area is 66.3 Å². The maximum atomic E-state index is 4.16.